The Hall–Kier alpha value is -6.82. The minimum absolute atomic E-state index is 0.255. The van der Waals surface area contributed by atoms with Crippen LogP contribution in [0.5, 0.6) is 34.5 Å². The average Bonchev–Trinajstić information content (AvgIpc) is 3.56. The molecule has 4 heterocycles. The average molecular weight is 807 g/mol. The standard InChI is InChI=1S/C48H46N4O8/c1-45(2)35-13-9-11-15-37(35)51(47(45)19-17-29-21-33(49-53)25-41(57-7)43(29)59-47)27-31-23-40(56-6)32(24-39(31)55-5)28-52-38-16-12-10-14-36(38)46(3,4)48(52)20-18-30-22-34(50-54)26-42(58-8)44(30)60-48/h9-26H,27-28H2,1-8H3. The number of anilines is 2. The van der Waals surface area contributed by atoms with E-state index in [-0.39, 0.29) is 11.4 Å². The number of nitrogens with zero attached hydrogens (tertiary/aromatic N) is 4. The third kappa shape index (κ3) is 5.35. The molecule has 2 spiro atoms. The highest BCUT2D eigenvalue weighted by Gasteiger charge is 2.61. The lowest BCUT2D eigenvalue weighted by atomic mass is 9.76. The van der Waals surface area contributed by atoms with Crippen LogP contribution in [-0.4, -0.2) is 39.9 Å². The Balaban J connectivity index is 1.14. The van der Waals surface area contributed by atoms with Gasteiger partial charge in [-0.1, -0.05) is 36.4 Å². The molecule has 4 aliphatic heterocycles. The maximum atomic E-state index is 11.6. The molecule has 60 heavy (non-hydrogen) atoms. The summed E-state index contributed by atoms with van der Waals surface area (Å²) in [5.41, 5.74) is 4.81. The SMILES string of the molecule is COc1cc(CN2c3ccccc3C(C)(C)C23C=Cc2cc(N=O)cc(OC)c2O3)c(OC)cc1CN1c2ccccc2C(C)(C)C12C=Cc1cc(N=O)cc(OC)c1O2. The van der Waals surface area contributed by atoms with Gasteiger partial charge in [-0.2, -0.15) is 0 Å². The number of rotatable bonds is 10. The van der Waals surface area contributed by atoms with Crippen molar-refractivity contribution in [3.8, 4) is 34.5 Å². The second-order valence-electron chi connectivity index (χ2n) is 16.5. The van der Waals surface area contributed by atoms with E-state index in [1.54, 1.807) is 52.7 Å². The molecular weight excluding hydrogens is 761 g/mol. The molecule has 0 bridgehead atoms. The predicted molar refractivity (Wildman–Crippen MR) is 233 cm³/mol. The van der Waals surface area contributed by atoms with Crippen molar-refractivity contribution in [3.05, 3.63) is 140 Å². The molecular formula is C48H46N4O8. The van der Waals surface area contributed by atoms with Crippen LogP contribution < -0.4 is 38.2 Å². The molecule has 0 saturated heterocycles. The van der Waals surface area contributed by atoms with E-state index in [0.717, 1.165) is 33.6 Å². The van der Waals surface area contributed by atoms with Crippen LogP contribution in [0.2, 0.25) is 0 Å². The molecule has 12 heteroatoms. The van der Waals surface area contributed by atoms with Gasteiger partial charge in [0.25, 0.3) is 0 Å². The maximum absolute atomic E-state index is 11.6. The van der Waals surface area contributed by atoms with E-state index >= 15 is 0 Å². The van der Waals surface area contributed by atoms with Crippen LogP contribution in [0.25, 0.3) is 12.2 Å². The molecule has 306 valence electrons. The van der Waals surface area contributed by atoms with Crippen LogP contribution in [0.4, 0.5) is 22.7 Å². The summed E-state index contributed by atoms with van der Waals surface area (Å²) in [6.45, 7) is 9.48. The highest BCUT2D eigenvalue weighted by atomic mass is 16.6. The number of methoxy groups -OCH3 is 4. The zero-order chi connectivity index (χ0) is 42.2. The molecule has 0 amide bonds. The van der Waals surface area contributed by atoms with Crippen molar-refractivity contribution in [1.82, 2.24) is 0 Å². The first-order chi connectivity index (χ1) is 28.9. The van der Waals surface area contributed by atoms with Crippen molar-refractivity contribution < 1.29 is 28.4 Å². The molecule has 2 unspecified atom stereocenters. The molecule has 12 nitrogen and oxygen atoms in total. The van der Waals surface area contributed by atoms with E-state index in [0.29, 0.717) is 58.7 Å². The topological polar surface area (TPSA) is 121 Å². The highest BCUT2D eigenvalue weighted by molar-refractivity contribution is 5.78. The zero-order valence-corrected chi connectivity index (χ0v) is 34.9. The van der Waals surface area contributed by atoms with Crippen LogP contribution >= 0.6 is 0 Å². The van der Waals surface area contributed by atoms with E-state index < -0.39 is 22.3 Å². The third-order valence-corrected chi connectivity index (χ3v) is 13.0. The lowest BCUT2D eigenvalue weighted by molar-refractivity contribution is 0.0489. The van der Waals surface area contributed by atoms with E-state index in [4.69, 9.17) is 28.4 Å². The van der Waals surface area contributed by atoms with Gasteiger partial charge in [0.05, 0.1) is 52.4 Å². The molecule has 5 aromatic rings. The monoisotopic (exact) mass is 806 g/mol. The van der Waals surface area contributed by atoms with Gasteiger partial charge in [0.15, 0.2) is 23.0 Å². The van der Waals surface area contributed by atoms with Gasteiger partial charge in [-0.05, 0) is 110 Å². The van der Waals surface area contributed by atoms with Gasteiger partial charge in [0.2, 0.25) is 11.4 Å². The summed E-state index contributed by atoms with van der Waals surface area (Å²) >= 11 is 0. The van der Waals surface area contributed by atoms with Crippen molar-refractivity contribution in [2.45, 2.75) is 63.1 Å². The first-order valence-corrected chi connectivity index (χ1v) is 19.8. The van der Waals surface area contributed by atoms with Crippen LogP contribution in [-0.2, 0) is 23.9 Å². The fourth-order valence-electron chi connectivity index (χ4n) is 9.75. The first kappa shape index (κ1) is 38.7. The maximum Gasteiger partial charge on any atom is 0.212 e. The minimum atomic E-state index is -1.01. The number of hydrogen-bond acceptors (Lipinski definition) is 12. The minimum Gasteiger partial charge on any atom is -0.496 e. The van der Waals surface area contributed by atoms with Crippen LogP contribution in [0.3, 0.4) is 0 Å². The summed E-state index contributed by atoms with van der Waals surface area (Å²) in [6.07, 6.45) is 8.09. The second-order valence-corrected chi connectivity index (χ2v) is 16.5. The van der Waals surface area contributed by atoms with Crippen LogP contribution in [0, 0.1) is 9.81 Å². The number of benzene rings is 5. The van der Waals surface area contributed by atoms with E-state index in [2.05, 4.69) is 84.3 Å². The molecule has 0 fully saturated rings. The molecule has 0 aliphatic carbocycles. The Morgan fingerprint density at radius 1 is 0.533 bits per heavy atom. The summed E-state index contributed by atoms with van der Waals surface area (Å²) in [6, 6.07) is 27.3. The Bertz CT molecular complexity index is 2470. The summed E-state index contributed by atoms with van der Waals surface area (Å²) in [5, 5.41) is 6.32. The number of nitroso groups, excluding NO2 is 2. The number of ether oxygens (including phenoxy) is 6. The summed E-state index contributed by atoms with van der Waals surface area (Å²) in [7, 11) is 6.47. The van der Waals surface area contributed by atoms with Gasteiger partial charge in [0.1, 0.15) is 22.9 Å². The Morgan fingerprint density at radius 2 is 0.917 bits per heavy atom. The Kier molecular flexibility index (Phi) is 8.96. The van der Waals surface area contributed by atoms with Crippen molar-refractivity contribution in [3.63, 3.8) is 0 Å². The molecule has 2 atom stereocenters. The molecule has 9 rings (SSSR count). The summed E-state index contributed by atoms with van der Waals surface area (Å²) in [5.74, 6) is 3.25. The van der Waals surface area contributed by atoms with Gasteiger partial charge in [0, 0.05) is 45.8 Å². The molecule has 4 aliphatic rings. The number of hydrogen-bond donors (Lipinski definition) is 0. The van der Waals surface area contributed by atoms with Crippen LogP contribution in [0.15, 0.2) is 107 Å². The van der Waals surface area contributed by atoms with E-state index in [1.807, 2.05) is 48.6 Å². The second kappa shape index (κ2) is 13.9. The Morgan fingerprint density at radius 3 is 1.28 bits per heavy atom. The van der Waals surface area contributed by atoms with Crippen LogP contribution in [0.1, 0.15) is 61.1 Å². The summed E-state index contributed by atoms with van der Waals surface area (Å²) in [4.78, 5) is 27.7. The fourth-order valence-corrected chi connectivity index (χ4v) is 9.75. The van der Waals surface area contributed by atoms with Crippen molar-refractivity contribution in [2.75, 3.05) is 38.2 Å². The molecule has 0 saturated carbocycles. The molecule has 0 N–H and O–H groups in total. The summed E-state index contributed by atoms with van der Waals surface area (Å²) < 4.78 is 38.2. The van der Waals surface area contributed by atoms with Gasteiger partial charge in [-0.15, -0.1) is 9.81 Å². The first-order valence-electron chi connectivity index (χ1n) is 19.8. The molecule has 5 aromatic carbocycles. The smallest absolute Gasteiger partial charge is 0.212 e. The zero-order valence-electron chi connectivity index (χ0n) is 34.9. The van der Waals surface area contributed by atoms with Gasteiger partial charge in [-0.3, -0.25) is 0 Å². The number of fused-ring (bicyclic) bond motifs is 4. The lowest BCUT2D eigenvalue weighted by Gasteiger charge is -2.47. The third-order valence-electron chi connectivity index (χ3n) is 13.0. The Labute approximate surface area is 348 Å². The van der Waals surface area contributed by atoms with Crippen molar-refractivity contribution in [2.24, 2.45) is 10.4 Å². The predicted octanol–water partition coefficient (Wildman–Crippen LogP) is 10.7. The lowest BCUT2D eigenvalue weighted by Crippen LogP contribution is -2.59. The number of para-hydroxylation sites is 2. The van der Waals surface area contributed by atoms with Gasteiger partial charge >= 0.3 is 0 Å². The highest BCUT2D eigenvalue weighted by Crippen LogP contribution is 2.59. The van der Waals surface area contributed by atoms with Gasteiger partial charge in [-0.25, -0.2) is 0 Å². The van der Waals surface area contributed by atoms with Crippen molar-refractivity contribution in [1.29, 1.82) is 0 Å². The molecule has 0 aromatic heterocycles. The quantitative estimate of drug-likeness (QED) is 0.126. The largest absolute Gasteiger partial charge is 0.496 e. The van der Waals surface area contributed by atoms with Gasteiger partial charge < -0.3 is 38.2 Å². The normalized spacial score (nSPS) is 20.7. The van der Waals surface area contributed by atoms with E-state index in [1.165, 1.54) is 0 Å². The van der Waals surface area contributed by atoms with Crippen molar-refractivity contribution >= 4 is 34.9 Å². The fraction of sp³-hybridized carbons (Fsp3) is 0.292. The molecule has 0 radical (unpaired) electrons. The van der Waals surface area contributed by atoms with E-state index in [9.17, 15) is 9.81 Å².